The molecule has 22 heavy (non-hydrogen) atoms. The molecule has 1 heterocycles. The van der Waals surface area contributed by atoms with Crippen LogP contribution in [0.2, 0.25) is 0 Å². The van der Waals surface area contributed by atoms with Crippen LogP contribution in [0.1, 0.15) is 5.56 Å². The van der Waals surface area contributed by atoms with Crippen LogP contribution in [-0.4, -0.2) is 22.2 Å². The Balaban J connectivity index is 1.85. The van der Waals surface area contributed by atoms with Gasteiger partial charge < -0.3 is 10.2 Å². The van der Waals surface area contributed by atoms with Gasteiger partial charge in [-0.05, 0) is 30.7 Å². The SMILES string of the molecule is Cc1ccccc1Nc1nncc(N(C)c2ccccc2)n1. The summed E-state index contributed by atoms with van der Waals surface area (Å²) >= 11 is 0. The van der Waals surface area contributed by atoms with Gasteiger partial charge in [0, 0.05) is 18.4 Å². The third kappa shape index (κ3) is 3.03. The topological polar surface area (TPSA) is 53.9 Å². The molecule has 0 radical (unpaired) electrons. The monoisotopic (exact) mass is 291 g/mol. The molecule has 1 N–H and O–H groups in total. The molecule has 0 saturated heterocycles. The predicted molar refractivity (Wildman–Crippen MR) is 88.8 cm³/mol. The van der Waals surface area contributed by atoms with Gasteiger partial charge in [-0.3, -0.25) is 0 Å². The zero-order valence-corrected chi connectivity index (χ0v) is 12.6. The number of nitrogens with one attached hydrogen (secondary N) is 1. The van der Waals surface area contributed by atoms with Crippen LogP contribution in [0.25, 0.3) is 0 Å². The second-order valence-corrected chi connectivity index (χ2v) is 4.97. The third-order valence-electron chi connectivity index (χ3n) is 3.42. The number of anilines is 4. The smallest absolute Gasteiger partial charge is 0.249 e. The molecule has 0 saturated carbocycles. The lowest BCUT2D eigenvalue weighted by Gasteiger charge is -2.18. The number of benzene rings is 2. The van der Waals surface area contributed by atoms with Crippen molar-refractivity contribution in [3.05, 3.63) is 66.4 Å². The van der Waals surface area contributed by atoms with Crippen molar-refractivity contribution in [3.63, 3.8) is 0 Å². The van der Waals surface area contributed by atoms with Crippen LogP contribution < -0.4 is 10.2 Å². The molecule has 3 rings (SSSR count). The Morgan fingerprint density at radius 2 is 1.68 bits per heavy atom. The number of aromatic nitrogens is 3. The molecule has 0 amide bonds. The van der Waals surface area contributed by atoms with E-state index in [2.05, 4.69) is 20.5 Å². The Labute approximate surface area is 129 Å². The van der Waals surface area contributed by atoms with Gasteiger partial charge in [-0.15, -0.1) is 5.10 Å². The maximum Gasteiger partial charge on any atom is 0.249 e. The van der Waals surface area contributed by atoms with Crippen molar-refractivity contribution in [3.8, 4) is 0 Å². The lowest BCUT2D eigenvalue weighted by molar-refractivity contribution is 0.956. The molecule has 0 atom stereocenters. The maximum atomic E-state index is 4.53. The van der Waals surface area contributed by atoms with Crippen molar-refractivity contribution >= 4 is 23.1 Å². The van der Waals surface area contributed by atoms with Crippen LogP contribution in [0.4, 0.5) is 23.1 Å². The van der Waals surface area contributed by atoms with E-state index in [9.17, 15) is 0 Å². The molecule has 5 heteroatoms. The van der Waals surface area contributed by atoms with Crippen LogP contribution in [0.15, 0.2) is 60.8 Å². The van der Waals surface area contributed by atoms with Gasteiger partial charge in [0.15, 0.2) is 5.82 Å². The highest BCUT2D eigenvalue weighted by atomic mass is 15.3. The van der Waals surface area contributed by atoms with Crippen LogP contribution in [0, 0.1) is 6.92 Å². The van der Waals surface area contributed by atoms with Gasteiger partial charge in [-0.2, -0.15) is 10.1 Å². The second kappa shape index (κ2) is 6.22. The minimum absolute atomic E-state index is 0.481. The Morgan fingerprint density at radius 1 is 0.955 bits per heavy atom. The molecule has 3 aromatic rings. The van der Waals surface area contributed by atoms with Crippen LogP contribution in [0.5, 0.6) is 0 Å². The van der Waals surface area contributed by atoms with E-state index in [1.807, 2.05) is 73.5 Å². The van der Waals surface area contributed by atoms with E-state index in [-0.39, 0.29) is 0 Å². The van der Waals surface area contributed by atoms with E-state index in [1.54, 1.807) is 6.20 Å². The molecule has 0 bridgehead atoms. The molecule has 0 aliphatic rings. The number of aryl methyl sites for hydroxylation is 1. The van der Waals surface area contributed by atoms with Gasteiger partial charge in [0.25, 0.3) is 0 Å². The summed E-state index contributed by atoms with van der Waals surface area (Å²) in [6.07, 6.45) is 1.65. The van der Waals surface area contributed by atoms with Crippen molar-refractivity contribution in [2.75, 3.05) is 17.3 Å². The summed E-state index contributed by atoms with van der Waals surface area (Å²) in [5, 5.41) is 11.3. The zero-order chi connectivity index (χ0) is 15.4. The summed E-state index contributed by atoms with van der Waals surface area (Å²) < 4.78 is 0. The highest BCUT2D eigenvalue weighted by Crippen LogP contribution is 2.22. The standard InChI is InChI=1S/C17H17N5/c1-13-8-6-7-11-15(13)19-17-20-16(12-18-21-17)22(2)14-9-4-3-5-10-14/h3-12H,1-2H3,(H,19,20,21). The fourth-order valence-corrected chi connectivity index (χ4v) is 2.13. The molecule has 2 aromatic carbocycles. The molecule has 0 spiro atoms. The van der Waals surface area contributed by atoms with E-state index < -0.39 is 0 Å². The van der Waals surface area contributed by atoms with Gasteiger partial charge in [0.2, 0.25) is 5.95 Å². The van der Waals surface area contributed by atoms with Crippen molar-refractivity contribution in [1.82, 2.24) is 15.2 Å². The molecule has 5 nitrogen and oxygen atoms in total. The molecular weight excluding hydrogens is 274 g/mol. The van der Waals surface area contributed by atoms with Crippen molar-refractivity contribution in [2.24, 2.45) is 0 Å². The highest BCUT2D eigenvalue weighted by molar-refractivity contribution is 5.61. The molecule has 0 aliphatic carbocycles. The quantitative estimate of drug-likeness (QED) is 0.794. The van der Waals surface area contributed by atoms with E-state index in [0.29, 0.717) is 5.95 Å². The Bertz CT molecular complexity index is 758. The van der Waals surface area contributed by atoms with Crippen molar-refractivity contribution in [2.45, 2.75) is 6.92 Å². The van der Waals surface area contributed by atoms with Gasteiger partial charge in [0.1, 0.15) is 0 Å². The Morgan fingerprint density at radius 3 is 2.45 bits per heavy atom. The number of nitrogens with zero attached hydrogens (tertiary/aromatic N) is 4. The maximum absolute atomic E-state index is 4.53. The molecule has 110 valence electrons. The largest absolute Gasteiger partial charge is 0.328 e. The average Bonchev–Trinajstić information content (AvgIpc) is 2.57. The van der Waals surface area contributed by atoms with Crippen LogP contribution in [-0.2, 0) is 0 Å². The lowest BCUT2D eigenvalue weighted by atomic mass is 10.2. The predicted octanol–water partition coefficient (Wildman–Crippen LogP) is 3.69. The summed E-state index contributed by atoms with van der Waals surface area (Å²) in [6.45, 7) is 2.04. The molecule has 0 aliphatic heterocycles. The number of rotatable bonds is 4. The first kappa shape index (κ1) is 14.0. The normalized spacial score (nSPS) is 10.3. The highest BCUT2D eigenvalue weighted by Gasteiger charge is 2.08. The number of para-hydroxylation sites is 2. The fourth-order valence-electron chi connectivity index (χ4n) is 2.13. The van der Waals surface area contributed by atoms with E-state index in [4.69, 9.17) is 0 Å². The first-order valence-electron chi connectivity index (χ1n) is 7.05. The molecule has 1 aromatic heterocycles. The lowest BCUT2D eigenvalue weighted by Crippen LogP contribution is -2.13. The average molecular weight is 291 g/mol. The first-order valence-corrected chi connectivity index (χ1v) is 7.05. The number of hydrogen-bond donors (Lipinski definition) is 1. The van der Waals surface area contributed by atoms with Crippen LogP contribution >= 0.6 is 0 Å². The van der Waals surface area contributed by atoms with Crippen molar-refractivity contribution in [1.29, 1.82) is 0 Å². The number of hydrogen-bond acceptors (Lipinski definition) is 5. The molecule has 0 unspecified atom stereocenters. The van der Waals surface area contributed by atoms with Crippen LogP contribution in [0.3, 0.4) is 0 Å². The summed E-state index contributed by atoms with van der Waals surface area (Å²) in [5.74, 6) is 1.21. The van der Waals surface area contributed by atoms with Gasteiger partial charge in [0.05, 0.1) is 6.20 Å². The minimum atomic E-state index is 0.481. The molecular formula is C17H17N5. The van der Waals surface area contributed by atoms with E-state index in [0.717, 1.165) is 22.8 Å². The summed E-state index contributed by atoms with van der Waals surface area (Å²) in [7, 11) is 1.96. The second-order valence-electron chi connectivity index (χ2n) is 4.97. The van der Waals surface area contributed by atoms with Crippen molar-refractivity contribution < 1.29 is 0 Å². The summed E-state index contributed by atoms with van der Waals surface area (Å²) in [6, 6.07) is 18.0. The summed E-state index contributed by atoms with van der Waals surface area (Å²) in [4.78, 5) is 6.50. The van der Waals surface area contributed by atoms with E-state index in [1.165, 1.54) is 0 Å². The minimum Gasteiger partial charge on any atom is -0.328 e. The fraction of sp³-hybridized carbons (Fsp3) is 0.118. The Kier molecular flexibility index (Phi) is 3.96. The van der Waals surface area contributed by atoms with Gasteiger partial charge in [-0.25, -0.2) is 0 Å². The zero-order valence-electron chi connectivity index (χ0n) is 12.6. The Hall–Kier alpha value is -2.95. The van der Waals surface area contributed by atoms with Gasteiger partial charge in [-0.1, -0.05) is 36.4 Å². The van der Waals surface area contributed by atoms with Gasteiger partial charge >= 0.3 is 0 Å². The molecule has 0 fully saturated rings. The third-order valence-corrected chi connectivity index (χ3v) is 3.42. The first-order chi connectivity index (χ1) is 10.7. The summed E-state index contributed by atoms with van der Waals surface area (Å²) in [5.41, 5.74) is 3.15. The van der Waals surface area contributed by atoms with E-state index >= 15 is 0 Å².